The van der Waals surface area contributed by atoms with Gasteiger partial charge in [-0.3, -0.25) is 9.59 Å². The van der Waals surface area contributed by atoms with Crippen molar-refractivity contribution in [3.8, 4) is 0 Å². The standard InChI is InChI=1S/C17H22F3N3O2.ClH/c1-2-7-23(17(25)10-3-4-11(21)8-10)9-14(24)22-13-6-5-12(18)15(19)16(13)20;/h5-6,10-11H,2-4,7-9,21H2,1H3,(H,22,24);1H. The van der Waals surface area contributed by atoms with Crippen molar-refractivity contribution in [1.82, 2.24) is 4.90 Å². The first-order valence-corrected chi connectivity index (χ1v) is 8.31. The molecule has 0 radical (unpaired) electrons. The number of rotatable bonds is 6. The Kier molecular flexibility index (Phi) is 8.36. The first kappa shape index (κ1) is 22.2. The van der Waals surface area contributed by atoms with Crippen LogP contribution in [0.2, 0.25) is 0 Å². The summed E-state index contributed by atoms with van der Waals surface area (Å²) in [5.74, 6) is -5.50. The van der Waals surface area contributed by atoms with Crippen LogP contribution in [-0.2, 0) is 9.59 Å². The Morgan fingerprint density at radius 1 is 1.23 bits per heavy atom. The van der Waals surface area contributed by atoms with Gasteiger partial charge in [0.05, 0.1) is 12.2 Å². The van der Waals surface area contributed by atoms with E-state index in [1.807, 2.05) is 6.92 Å². The monoisotopic (exact) mass is 393 g/mol. The summed E-state index contributed by atoms with van der Waals surface area (Å²) in [4.78, 5) is 26.1. The summed E-state index contributed by atoms with van der Waals surface area (Å²) in [6.45, 7) is 1.96. The Hall–Kier alpha value is -1.80. The predicted octanol–water partition coefficient (Wildman–Crippen LogP) is 2.83. The fourth-order valence-electron chi connectivity index (χ4n) is 3.02. The van der Waals surface area contributed by atoms with E-state index in [2.05, 4.69) is 5.32 Å². The SMILES string of the molecule is CCCN(CC(=O)Nc1ccc(F)c(F)c1F)C(=O)C1CCC(N)C1.Cl. The molecule has 1 aromatic rings. The number of anilines is 1. The van der Waals surface area contributed by atoms with Gasteiger partial charge in [-0.15, -0.1) is 12.4 Å². The number of benzene rings is 1. The molecular formula is C17H23ClF3N3O2. The highest BCUT2D eigenvalue weighted by atomic mass is 35.5. The van der Waals surface area contributed by atoms with Gasteiger partial charge in [0.1, 0.15) is 0 Å². The molecule has 2 unspecified atom stereocenters. The Bertz CT molecular complexity index is 660. The molecule has 2 rings (SSSR count). The second kappa shape index (κ2) is 9.78. The quantitative estimate of drug-likeness (QED) is 0.730. The zero-order chi connectivity index (χ0) is 18.6. The van der Waals surface area contributed by atoms with Gasteiger partial charge < -0.3 is 16.0 Å². The molecule has 0 aromatic heterocycles. The molecule has 2 amide bonds. The van der Waals surface area contributed by atoms with Crippen LogP contribution in [0.4, 0.5) is 18.9 Å². The van der Waals surface area contributed by atoms with Crippen molar-refractivity contribution in [2.75, 3.05) is 18.4 Å². The van der Waals surface area contributed by atoms with E-state index in [0.717, 1.165) is 18.6 Å². The van der Waals surface area contributed by atoms with Gasteiger partial charge in [-0.1, -0.05) is 6.92 Å². The van der Waals surface area contributed by atoms with Crippen LogP contribution in [0, 0.1) is 23.4 Å². The average Bonchev–Trinajstić information content (AvgIpc) is 3.01. The molecule has 0 bridgehead atoms. The molecule has 26 heavy (non-hydrogen) atoms. The van der Waals surface area contributed by atoms with Gasteiger partial charge in [0.25, 0.3) is 0 Å². The third-order valence-corrected chi connectivity index (χ3v) is 4.27. The minimum absolute atomic E-state index is 0. The largest absolute Gasteiger partial charge is 0.333 e. The molecule has 0 heterocycles. The summed E-state index contributed by atoms with van der Waals surface area (Å²) < 4.78 is 39.8. The minimum atomic E-state index is -1.65. The van der Waals surface area contributed by atoms with Crippen LogP contribution in [0.25, 0.3) is 0 Å². The summed E-state index contributed by atoms with van der Waals surface area (Å²) in [5, 5.41) is 2.18. The van der Waals surface area contributed by atoms with Crippen molar-refractivity contribution in [3.05, 3.63) is 29.6 Å². The number of carbonyl (C=O) groups is 2. The molecule has 1 aliphatic carbocycles. The van der Waals surface area contributed by atoms with Crippen LogP contribution in [0.15, 0.2) is 12.1 Å². The molecule has 146 valence electrons. The van der Waals surface area contributed by atoms with Crippen molar-refractivity contribution >= 4 is 29.9 Å². The zero-order valence-electron chi connectivity index (χ0n) is 14.4. The maximum absolute atomic E-state index is 13.6. The fourth-order valence-corrected chi connectivity index (χ4v) is 3.02. The number of nitrogens with one attached hydrogen (secondary N) is 1. The fraction of sp³-hybridized carbons (Fsp3) is 0.529. The van der Waals surface area contributed by atoms with E-state index in [9.17, 15) is 22.8 Å². The number of hydrogen-bond acceptors (Lipinski definition) is 3. The molecular weight excluding hydrogens is 371 g/mol. The van der Waals surface area contributed by atoms with Gasteiger partial charge in [-0.05, 0) is 37.8 Å². The first-order chi connectivity index (χ1) is 11.8. The van der Waals surface area contributed by atoms with Crippen molar-refractivity contribution in [2.24, 2.45) is 11.7 Å². The summed E-state index contributed by atoms with van der Waals surface area (Å²) in [6, 6.07) is 1.65. The molecule has 0 aliphatic heterocycles. The van der Waals surface area contributed by atoms with E-state index in [1.54, 1.807) is 0 Å². The molecule has 3 N–H and O–H groups in total. The second-order valence-corrected chi connectivity index (χ2v) is 6.30. The number of carbonyl (C=O) groups excluding carboxylic acids is 2. The van der Waals surface area contributed by atoms with Crippen LogP contribution < -0.4 is 11.1 Å². The lowest BCUT2D eigenvalue weighted by molar-refractivity contribution is -0.138. The molecule has 1 saturated carbocycles. The van der Waals surface area contributed by atoms with Crippen molar-refractivity contribution in [1.29, 1.82) is 0 Å². The van der Waals surface area contributed by atoms with Crippen molar-refractivity contribution < 1.29 is 22.8 Å². The van der Waals surface area contributed by atoms with E-state index in [0.29, 0.717) is 25.8 Å². The average molecular weight is 394 g/mol. The third kappa shape index (κ3) is 5.35. The Morgan fingerprint density at radius 3 is 2.50 bits per heavy atom. The molecule has 2 atom stereocenters. The molecule has 1 fully saturated rings. The van der Waals surface area contributed by atoms with Crippen LogP contribution in [0.1, 0.15) is 32.6 Å². The molecule has 1 aromatic carbocycles. The summed E-state index contributed by atoms with van der Waals surface area (Å²) in [7, 11) is 0. The summed E-state index contributed by atoms with van der Waals surface area (Å²) >= 11 is 0. The molecule has 1 aliphatic rings. The molecule has 0 spiro atoms. The van der Waals surface area contributed by atoms with Gasteiger partial charge in [0.2, 0.25) is 11.8 Å². The third-order valence-electron chi connectivity index (χ3n) is 4.27. The zero-order valence-corrected chi connectivity index (χ0v) is 15.3. The lowest BCUT2D eigenvalue weighted by Gasteiger charge is -2.25. The van der Waals surface area contributed by atoms with E-state index < -0.39 is 29.0 Å². The predicted molar refractivity (Wildman–Crippen MR) is 94.4 cm³/mol. The van der Waals surface area contributed by atoms with Gasteiger partial charge in [-0.2, -0.15) is 0 Å². The van der Waals surface area contributed by atoms with Gasteiger partial charge in [0, 0.05) is 18.5 Å². The number of nitrogens with zero attached hydrogens (tertiary/aromatic N) is 1. The topological polar surface area (TPSA) is 75.4 Å². The second-order valence-electron chi connectivity index (χ2n) is 6.30. The van der Waals surface area contributed by atoms with E-state index in [4.69, 9.17) is 5.73 Å². The van der Waals surface area contributed by atoms with Crippen LogP contribution in [-0.4, -0.2) is 35.8 Å². The van der Waals surface area contributed by atoms with Gasteiger partial charge >= 0.3 is 0 Å². The Morgan fingerprint density at radius 2 is 1.92 bits per heavy atom. The number of nitrogens with two attached hydrogens (primary N) is 1. The molecule has 9 heteroatoms. The molecule has 5 nitrogen and oxygen atoms in total. The Labute approximate surface area is 156 Å². The van der Waals surface area contributed by atoms with E-state index in [1.165, 1.54) is 4.90 Å². The van der Waals surface area contributed by atoms with Crippen LogP contribution in [0.5, 0.6) is 0 Å². The first-order valence-electron chi connectivity index (χ1n) is 8.31. The number of halogens is 4. The van der Waals surface area contributed by atoms with E-state index in [-0.39, 0.29) is 36.8 Å². The molecule has 0 saturated heterocycles. The lowest BCUT2D eigenvalue weighted by Crippen LogP contribution is -2.41. The smallest absolute Gasteiger partial charge is 0.244 e. The highest BCUT2D eigenvalue weighted by Crippen LogP contribution is 2.26. The van der Waals surface area contributed by atoms with Crippen molar-refractivity contribution in [3.63, 3.8) is 0 Å². The van der Waals surface area contributed by atoms with Crippen molar-refractivity contribution in [2.45, 2.75) is 38.6 Å². The van der Waals surface area contributed by atoms with Crippen LogP contribution in [0.3, 0.4) is 0 Å². The number of amides is 2. The summed E-state index contributed by atoms with van der Waals surface area (Å²) in [5.41, 5.74) is 5.36. The Balaban J connectivity index is 0.00000338. The normalized spacial score (nSPS) is 19.0. The highest BCUT2D eigenvalue weighted by Gasteiger charge is 2.31. The number of hydrogen-bond donors (Lipinski definition) is 2. The maximum atomic E-state index is 13.6. The minimum Gasteiger partial charge on any atom is -0.333 e. The van der Waals surface area contributed by atoms with Gasteiger partial charge in [-0.25, -0.2) is 13.2 Å². The van der Waals surface area contributed by atoms with E-state index >= 15 is 0 Å². The maximum Gasteiger partial charge on any atom is 0.244 e. The van der Waals surface area contributed by atoms with Gasteiger partial charge in [0.15, 0.2) is 17.5 Å². The summed E-state index contributed by atoms with van der Waals surface area (Å²) in [6.07, 6.45) is 2.68. The lowest BCUT2D eigenvalue weighted by atomic mass is 10.1. The van der Waals surface area contributed by atoms with Crippen LogP contribution >= 0.6 is 12.4 Å². The highest BCUT2D eigenvalue weighted by molar-refractivity contribution is 5.95.